The van der Waals surface area contributed by atoms with Crippen LogP contribution in [-0.2, 0) is 11.8 Å². The van der Waals surface area contributed by atoms with Crippen LogP contribution in [0.2, 0.25) is 0 Å². The maximum atomic E-state index is 12.3. The molecule has 0 saturated carbocycles. The number of methoxy groups -OCH3 is 1. The Balaban J connectivity index is 1.60. The van der Waals surface area contributed by atoms with Gasteiger partial charge in [-0.1, -0.05) is 18.1 Å². The Labute approximate surface area is 159 Å². The Bertz CT molecular complexity index is 844. The summed E-state index contributed by atoms with van der Waals surface area (Å²) in [5.74, 6) is 6.65. The van der Waals surface area contributed by atoms with Crippen molar-refractivity contribution in [2.75, 3.05) is 46.5 Å². The van der Waals surface area contributed by atoms with Gasteiger partial charge in [0.2, 0.25) is 0 Å². The maximum absolute atomic E-state index is 12.3. The number of hydrogen-bond donors (Lipinski definition) is 1. The second-order valence-corrected chi connectivity index (χ2v) is 6.20. The van der Waals surface area contributed by atoms with Crippen molar-refractivity contribution in [1.82, 2.24) is 20.0 Å². The lowest BCUT2D eigenvalue weighted by molar-refractivity contribution is 0.0383. The van der Waals surface area contributed by atoms with Gasteiger partial charge in [0.1, 0.15) is 11.4 Å². The van der Waals surface area contributed by atoms with Crippen LogP contribution in [0.25, 0.3) is 0 Å². The fourth-order valence-corrected chi connectivity index (χ4v) is 2.82. The molecule has 7 nitrogen and oxygen atoms in total. The second-order valence-electron chi connectivity index (χ2n) is 6.20. The molecule has 27 heavy (non-hydrogen) atoms. The normalized spacial score (nSPS) is 14.3. The third kappa shape index (κ3) is 5.09. The molecule has 0 unspecified atom stereocenters. The van der Waals surface area contributed by atoms with E-state index in [-0.39, 0.29) is 5.91 Å². The Hall–Kier alpha value is -2.82. The lowest BCUT2D eigenvalue weighted by atomic mass is 10.2. The van der Waals surface area contributed by atoms with Crippen LogP contribution in [0.5, 0.6) is 5.75 Å². The molecule has 1 aromatic heterocycles. The molecule has 2 heterocycles. The summed E-state index contributed by atoms with van der Waals surface area (Å²) < 4.78 is 12.2. The number of aryl methyl sites for hydroxylation is 1. The van der Waals surface area contributed by atoms with E-state index < -0.39 is 0 Å². The van der Waals surface area contributed by atoms with Gasteiger partial charge in [0.15, 0.2) is 5.69 Å². The largest absolute Gasteiger partial charge is 0.495 e. The summed E-state index contributed by atoms with van der Waals surface area (Å²) in [7, 11) is 3.39. The van der Waals surface area contributed by atoms with E-state index in [0.717, 1.165) is 38.4 Å². The van der Waals surface area contributed by atoms with Gasteiger partial charge in [0.25, 0.3) is 5.91 Å². The van der Waals surface area contributed by atoms with Crippen molar-refractivity contribution in [1.29, 1.82) is 0 Å². The molecule has 1 fully saturated rings. The SMILES string of the molecule is COc1ccccc1C#Cc1cc(C(=O)NCCN2CCOCC2)nn1C. The molecular formula is C20H24N4O3. The Morgan fingerprint density at radius 2 is 2.07 bits per heavy atom. The first kappa shape index (κ1) is 19.0. The van der Waals surface area contributed by atoms with E-state index in [0.29, 0.717) is 23.7 Å². The molecule has 0 bridgehead atoms. The van der Waals surface area contributed by atoms with Crippen LogP contribution in [0.3, 0.4) is 0 Å². The molecule has 3 rings (SSSR count). The van der Waals surface area contributed by atoms with Crippen molar-refractivity contribution in [3.8, 4) is 17.6 Å². The molecule has 2 aromatic rings. The summed E-state index contributed by atoms with van der Waals surface area (Å²) in [6.07, 6.45) is 0. The van der Waals surface area contributed by atoms with E-state index in [1.807, 2.05) is 24.3 Å². The fourth-order valence-electron chi connectivity index (χ4n) is 2.82. The van der Waals surface area contributed by atoms with Gasteiger partial charge in [-0.15, -0.1) is 0 Å². The molecule has 1 amide bonds. The molecule has 0 radical (unpaired) electrons. The lowest BCUT2D eigenvalue weighted by Gasteiger charge is -2.26. The quantitative estimate of drug-likeness (QED) is 0.794. The zero-order valence-corrected chi connectivity index (χ0v) is 15.7. The van der Waals surface area contributed by atoms with Crippen LogP contribution in [-0.4, -0.2) is 67.1 Å². The van der Waals surface area contributed by atoms with E-state index >= 15 is 0 Å². The predicted octanol–water partition coefficient (Wildman–Crippen LogP) is 0.890. The van der Waals surface area contributed by atoms with Gasteiger partial charge in [-0.2, -0.15) is 5.10 Å². The number of carbonyl (C=O) groups is 1. The van der Waals surface area contributed by atoms with Crippen molar-refractivity contribution < 1.29 is 14.3 Å². The number of para-hydroxylation sites is 1. The third-order valence-corrected chi connectivity index (χ3v) is 4.36. The highest BCUT2D eigenvalue weighted by Gasteiger charge is 2.13. The number of rotatable bonds is 5. The first-order chi connectivity index (χ1) is 13.2. The van der Waals surface area contributed by atoms with Crippen LogP contribution in [0, 0.1) is 11.8 Å². The smallest absolute Gasteiger partial charge is 0.271 e. The van der Waals surface area contributed by atoms with Gasteiger partial charge >= 0.3 is 0 Å². The van der Waals surface area contributed by atoms with E-state index in [2.05, 4.69) is 27.2 Å². The number of morpholine rings is 1. The summed E-state index contributed by atoms with van der Waals surface area (Å²) in [4.78, 5) is 14.6. The highest BCUT2D eigenvalue weighted by molar-refractivity contribution is 5.92. The molecular weight excluding hydrogens is 344 g/mol. The van der Waals surface area contributed by atoms with Gasteiger partial charge in [0.05, 0.1) is 25.9 Å². The average Bonchev–Trinajstić information content (AvgIpc) is 3.08. The number of carbonyl (C=O) groups excluding carboxylic acids is 1. The predicted molar refractivity (Wildman–Crippen MR) is 102 cm³/mol. The minimum atomic E-state index is -0.191. The van der Waals surface area contributed by atoms with Crippen molar-refractivity contribution in [2.24, 2.45) is 7.05 Å². The number of hydrogen-bond acceptors (Lipinski definition) is 5. The molecule has 1 aliphatic heterocycles. The summed E-state index contributed by atoms with van der Waals surface area (Å²) >= 11 is 0. The van der Waals surface area contributed by atoms with Gasteiger partial charge in [-0.25, -0.2) is 0 Å². The van der Waals surface area contributed by atoms with Crippen molar-refractivity contribution in [3.05, 3.63) is 47.3 Å². The molecule has 1 aromatic carbocycles. The van der Waals surface area contributed by atoms with E-state index in [4.69, 9.17) is 9.47 Å². The van der Waals surface area contributed by atoms with Gasteiger partial charge in [-0.05, 0) is 18.1 Å². The minimum Gasteiger partial charge on any atom is -0.495 e. The van der Waals surface area contributed by atoms with Crippen molar-refractivity contribution in [2.45, 2.75) is 0 Å². The van der Waals surface area contributed by atoms with E-state index in [1.54, 1.807) is 24.9 Å². The standard InChI is InChI=1S/C20H24N4O3/c1-23-17(8-7-16-5-3-4-6-19(16)26-2)15-18(22-23)20(25)21-9-10-24-11-13-27-14-12-24/h3-6,15H,9-14H2,1-2H3,(H,21,25). The molecule has 7 heteroatoms. The summed E-state index contributed by atoms with van der Waals surface area (Å²) in [5.41, 5.74) is 1.82. The minimum absolute atomic E-state index is 0.191. The first-order valence-electron chi connectivity index (χ1n) is 8.95. The van der Waals surface area contributed by atoms with Crippen molar-refractivity contribution >= 4 is 5.91 Å². The second kappa shape index (κ2) is 9.21. The topological polar surface area (TPSA) is 68.6 Å². The number of ether oxygens (including phenoxy) is 2. The summed E-state index contributed by atoms with van der Waals surface area (Å²) in [5, 5.41) is 7.18. The van der Waals surface area contributed by atoms with Crippen LogP contribution in [0.15, 0.2) is 30.3 Å². The van der Waals surface area contributed by atoms with E-state index in [9.17, 15) is 4.79 Å². The average molecular weight is 368 g/mol. The summed E-state index contributed by atoms with van der Waals surface area (Å²) in [6, 6.07) is 9.26. The zero-order chi connectivity index (χ0) is 19.1. The van der Waals surface area contributed by atoms with Gasteiger partial charge in [-0.3, -0.25) is 14.4 Å². The molecule has 1 saturated heterocycles. The van der Waals surface area contributed by atoms with Gasteiger partial charge < -0.3 is 14.8 Å². The number of nitrogens with zero attached hydrogens (tertiary/aromatic N) is 3. The maximum Gasteiger partial charge on any atom is 0.271 e. The van der Waals surface area contributed by atoms with Crippen LogP contribution in [0.1, 0.15) is 21.7 Å². The molecule has 0 spiro atoms. The third-order valence-electron chi connectivity index (χ3n) is 4.36. The number of amides is 1. The zero-order valence-electron chi connectivity index (χ0n) is 15.7. The lowest BCUT2D eigenvalue weighted by Crippen LogP contribution is -2.41. The monoisotopic (exact) mass is 368 g/mol. The Morgan fingerprint density at radius 3 is 2.85 bits per heavy atom. The number of nitrogens with one attached hydrogen (secondary N) is 1. The van der Waals surface area contributed by atoms with Crippen LogP contribution in [0.4, 0.5) is 0 Å². The Kier molecular flexibility index (Phi) is 6.47. The van der Waals surface area contributed by atoms with Crippen LogP contribution < -0.4 is 10.1 Å². The highest BCUT2D eigenvalue weighted by atomic mass is 16.5. The molecule has 1 aliphatic rings. The van der Waals surface area contributed by atoms with E-state index in [1.165, 1.54) is 0 Å². The van der Waals surface area contributed by atoms with Crippen LogP contribution >= 0.6 is 0 Å². The summed E-state index contributed by atoms with van der Waals surface area (Å²) in [6.45, 7) is 4.70. The van der Waals surface area contributed by atoms with Gasteiger partial charge in [0, 0.05) is 39.3 Å². The number of aromatic nitrogens is 2. The molecule has 1 N–H and O–H groups in total. The molecule has 142 valence electrons. The Morgan fingerprint density at radius 1 is 1.30 bits per heavy atom. The molecule has 0 aliphatic carbocycles. The highest BCUT2D eigenvalue weighted by Crippen LogP contribution is 2.15. The molecule has 0 atom stereocenters. The number of benzene rings is 1. The fraction of sp³-hybridized carbons (Fsp3) is 0.400. The van der Waals surface area contributed by atoms with Crippen molar-refractivity contribution in [3.63, 3.8) is 0 Å². The first-order valence-corrected chi connectivity index (χ1v) is 8.95.